The zero-order valence-electron chi connectivity index (χ0n) is 14.1. The van der Waals surface area contributed by atoms with Crippen LogP contribution in [0.4, 0.5) is 0 Å². The number of carbonyl (C=O) groups is 1. The quantitative estimate of drug-likeness (QED) is 0.917. The molecule has 1 aromatic carbocycles. The molecule has 1 aromatic heterocycles. The number of nitrogens with one attached hydrogen (secondary N) is 1. The van der Waals surface area contributed by atoms with Gasteiger partial charge in [-0.3, -0.25) is 4.79 Å². The molecule has 1 unspecified atom stereocenters. The van der Waals surface area contributed by atoms with Crippen LogP contribution in [0.15, 0.2) is 30.9 Å². The zero-order chi connectivity index (χ0) is 16.2. The van der Waals surface area contributed by atoms with E-state index in [-0.39, 0.29) is 18.3 Å². The van der Waals surface area contributed by atoms with E-state index in [1.165, 1.54) is 12.7 Å². The van der Waals surface area contributed by atoms with Crippen LogP contribution in [0.25, 0.3) is 5.69 Å². The molecule has 1 aliphatic rings. The topological polar surface area (TPSA) is 63.1 Å². The molecule has 6 nitrogen and oxygen atoms in total. The summed E-state index contributed by atoms with van der Waals surface area (Å²) in [7, 11) is 1.97. The third-order valence-electron chi connectivity index (χ3n) is 4.41. The molecule has 0 radical (unpaired) electrons. The van der Waals surface area contributed by atoms with Crippen LogP contribution in [0.5, 0.6) is 0 Å². The van der Waals surface area contributed by atoms with Crippen LogP contribution in [0.1, 0.15) is 28.8 Å². The Bertz CT molecular complexity index is 672. The summed E-state index contributed by atoms with van der Waals surface area (Å²) in [5.41, 5.74) is 2.72. The molecule has 0 saturated carbocycles. The molecule has 1 atom stereocenters. The summed E-state index contributed by atoms with van der Waals surface area (Å²) in [4.78, 5) is 18.7. The Morgan fingerprint density at radius 1 is 1.42 bits per heavy atom. The van der Waals surface area contributed by atoms with E-state index in [0.717, 1.165) is 42.9 Å². The highest BCUT2D eigenvalue weighted by Gasteiger charge is 2.24. The molecule has 1 amide bonds. The van der Waals surface area contributed by atoms with Crippen molar-refractivity contribution in [2.24, 2.45) is 5.92 Å². The number of amides is 1. The van der Waals surface area contributed by atoms with Crippen LogP contribution < -0.4 is 5.32 Å². The van der Waals surface area contributed by atoms with Crippen LogP contribution in [-0.2, 0) is 0 Å². The largest absolute Gasteiger partial charge is 0.338 e. The first-order chi connectivity index (χ1) is 11.2. The molecule has 1 fully saturated rings. The fraction of sp³-hybridized carbons (Fsp3) is 0.471. The van der Waals surface area contributed by atoms with Crippen molar-refractivity contribution < 1.29 is 4.79 Å². The Morgan fingerprint density at radius 3 is 2.92 bits per heavy atom. The number of hydrogen-bond donors (Lipinski definition) is 1. The van der Waals surface area contributed by atoms with Crippen molar-refractivity contribution in [1.82, 2.24) is 25.0 Å². The summed E-state index contributed by atoms with van der Waals surface area (Å²) < 4.78 is 1.72. The molecular weight excluding hydrogens is 326 g/mol. The molecule has 1 N–H and O–H groups in total. The van der Waals surface area contributed by atoms with Gasteiger partial charge in [0.25, 0.3) is 5.91 Å². The van der Waals surface area contributed by atoms with Crippen molar-refractivity contribution >= 4 is 18.3 Å². The molecular formula is C17H24ClN5O. The fourth-order valence-corrected chi connectivity index (χ4v) is 3.27. The van der Waals surface area contributed by atoms with Crippen molar-refractivity contribution in [3.8, 4) is 5.69 Å². The number of likely N-dealkylation sites (tertiary alicyclic amines) is 1. The highest BCUT2D eigenvalue weighted by molar-refractivity contribution is 5.94. The fourth-order valence-electron chi connectivity index (χ4n) is 3.27. The van der Waals surface area contributed by atoms with Crippen LogP contribution >= 0.6 is 12.4 Å². The van der Waals surface area contributed by atoms with E-state index in [1.54, 1.807) is 11.0 Å². The summed E-state index contributed by atoms with van der Waals surface area (Å²) in [6, 6.07) is 5.77. The minimum atomic E-state index is 0. The Labute approximate surface area is 148 Å². The number of carbonyl (C=O) groups excluding carboxylic acids is 1. The van der Waals surface area contributed by atoms with Crippen molar-refractivity contribution in [3.05, 3.63) is 42.0 Å². The van der Waals surface area contributed by atoms with Gasteiger partial charge in [-0.1, -0.05) is 0 Å². The van der Waals surface area contributed by atoms with Gasteiger partial charge in [0.05, 0.1) is 5.69 Å². The molecule has 0 aliphatic carbocycles. The molecule has 3 rings (SSSR count). The predicted molar refractivity (Wildman–Crippen MR) is 95.9 cm³/mol. The number of aryl methyl sites for hydroxylation is 1. The van der Waals surface area contributed by atoms with Gasteiger partial charge < -0.3 is 10.2 Å². The van der Waals surface area contributed by atoms with Crippen LogP contribution in [0, 0.1) is 12.8 Å². The van der Waals surface area contributed by atoms with Crippen LogP contribution in [0.2, 0.25) is 0 Å². The van der Waals surface area contributed by atoms with Gasteiger partial charge in [0.15, 0.2) is 0 Å². The number of benzene rings is 1. The number of rotatable bonds is 4. The van der Waals surface area contributed by atoms with Gasteiger partial charge in [-0.05, 0) is 63.0 Å². The summed E-state index contributed by atoms with van der Waals surface area (Å²) in [5.74, 6) is 0.673. The molecule has 1 saturated heterocycles. The lowest BCUT2D eigenvalue weighted by Gasteiger charge is -2.33. The first-order valence-corrected chi connectivity index (χ1v) is 8.08. The SMILES string of the molecule is CNCC1CCCN(C(=O)c2ccc(-n3cncn3)c(C)c2)C1.Cl. The minimum Gasteiger partial charge on any atom is -0.338 e. The number of nitrogens with zero attached hydrogens (tertiary/aromatic N) is 4. The van der Waals surface area contributed by atoms with E-state index in [0.29, 0.717) is 5.92 Å². The lowest BCUT2D eigenvalue weighted by atomic mass is 9.97. The van der Waals surface area contributed by atoms with Gasteiger partial charge in [0.1, 0.15) is 12.7 Å². The van der Waals surface area contributed by atoms with E-state index >= 15 is 0 Å². The van der Waals surface area contributed by atoms with E-state index in [1.807, 2.05) is 37.1 Å². The van der Waals surface area contributed by atoms with Gasteiger partial charge in [-0.25, -0.2) is 9.67 Å². The van der Waals surface area contributed by atoms with Gasteiger partial charge in [0, 0.05) is 18.7 Å². The Balaban J connectivity index is 0.00000208. The van der Waals surface area contributed by atoms with Crippen molar-refractivity contribution in [2.45, 2.75) is 19.8 Å². The smallest absolute Gasteiger partial charge is 0.253 e. The summed E-state index contributed by atoms with van der Waals surface area (Å²) in [6.07, 6.45) is 5.44. The molecule has 0 bridgehead atoms. The lowest BCUT2D eigenvalue weighted by molar-refractivity contribution is 0.0674. The number of aromatic nitrogens is 3. The standard InChI is InChI=1S/C17H23N5O.ClH/c1-13-8-15(5-6-16(13)22-12-19-11-20-22)17(23)21-7-3-4-14(10-21)9-18-2;/h5-6,8,11-12,14,18H,3-4,7,9-10H2,1-2H3;1H. The highest BCUT2D eigenvalue weighted by atomic mass is 35.5. The van der Waals surface area contributed by atoms with Crippen LogP contribution in [0.3, 0.4) is 0 Å². The number of hydrogen-bond acceptors (Lipinski definition) is 4. The Kier molecular flexibility index (Phi) is 6.34. The third kappa shape index (κ3) is 3.94. The van der Waals surface area contributed by atoms with Crippen molar-refractivity contribution in [2.75, 3.05) is 26.7 Å². The normalized spacial score (nSPS) is 17.4. The molecule has 0 spiro atoms. The first-order valence-electron chi connectivity index (χ1n) is 8.08. The van der Waals surface area contributed by atoms with Crippen molar-refractivity contribution in [1.29, 1.82) is 0 Å². The Hall–Kier alpha value is -1.92. The van der Waals surface area contributed by atoms with Gasteiger partial charge in [-0.2, -0.15) is 5.10 Å². The van der Waals surface area contributed by atoms with Gasteiger partial charge in [0.2, 0.25) is 0 Å². The number of halogens is 1. The summed E-state index contributed by atoms with van der Waals surface area (Å²) in [5, 5.41) is 7.36. The van der Waals surface area contributed by atoms with E-state index in [4.69, 9.17) is 0 Å². The average molecular weight is 350 g/mol. The number of piperidine rings is 1. The minimum absolute atomic E-state index is 0. The summed E-state index contributed by atoms with van der Waals surface area (Å²) in [6.45, 7) is 4.65. The second kappa shape index (κ2) is 8.26. The van der Waals surface area contributed by atoms with Crippen LogP contribution in [-0.4, -0.2) is 52.3 Å². The molecule has 2 aromatic rings. The maximum Gasteiger partial charge on any atom is 0.253 e. The van der Waals surface area contributed by atoms with Crippen molar-refractivity contribution in [3.63, 3.8) is 0 Å². The van der Waals surface area contributed by atoms with E-state index in [2.05, 4.69) is 15.4 Å². The maximum absolute atomic E-state index is 12.8. The average Bonchev–Trinajstić information content (AvgIpc) is 3.09. The second-order valence-corrected chi connectivity index (χ2v) is 6.16. The van der Waals surface area contributed by atoms with Gasteiger partial charge in [-0.15, -0.1) is 12.4 Å². The summed E-state index contributed by atoms with van der Waals surface area (Å²) >= 11 is 0. The molecule has 7 heteroatoms. The van der Waals surface area contributed by atoms with Gasteiger partial charge >= 0.3 is 0 Å². The maximum atomic E-state index is 12.8. The first kappa shape index (κ1) is 18.4. The molecule has 1 aliphatic heterocycles. The zero-order valence-corrected chi connectivity index (χ0v) is 14.9. The highest BCUT2D eigenvalue weighted by Crippen LogP contribution is 2.20. The van der Waals surface area contributed by atoms with E-state index < -0.39 is 0 Å². The molecule has 24 heavy (non-hydrogen) atoms. The third-order valence-corrected chi connectivity index (χ3v) is 4.41. The predicted octanol–water partition coefficient (Wildman–Crippen LogP) is 2.07. The Morgan fingerprint density at radius 2 is 2.25 bits per heavy atom. The monoisotopic (exact) mass is 349 g/mol. The van der Waals surface area contributed by atoms with E-state index in [9.17, 15) is 4.79 Å². The molecule has 130 valence electrons. The molecule has 2 heterocycles. The second-order valence-electron chi connectivity index (χ2n) is 6.16. The lowest BCUT2D eigenvalue weighted by Crippen LogP contribution is -2.42.